The Bertz CT molecular complexity index is 968. The summed E-state index contributed by atoms with van der Waals surface area (Å²) in [6.45, 7) is 2.29. The van der Waals surface area contributed by atoms with Crippen LogP contribution in [0.5, 0.6) is 0 Å². The fraction of sp³-hybridized carbons (Fsp3) is 0.389. The highest BCUT2D eigenvalue weighted by molar-refractivity contribution is 7.92. The van der Waals surface area contributed by atoms with E-state index in [1.807, 2.05) is 42.1 Å². The van der Waals surface area contributed by atoms with E-state index in [9.17, 15) is 8.42 Å². The molecule has 1 aromatic carbocycles. The zero-order chi connectivity index (χ0) is 17.4. The number of aromatic nitrogens is 3. The molecule has 0 spiro atoms. The van der Waals surface area contributed by atoms with Crippen LogP contribution in [0.2, 0.25) is 0 Å². The number of nitrogens with one attached hydrogen (secondary N) is 1. The van der Waals surface area contributed by atoms with Crippen molar-refractivity contribution < 1.29 is 8.42 Å². The predicted octanol–water partition coefficient (Wildman–Crippen LogP) is 2.34. The van der Waals surface area contributed by atoms with E-state index in [1.54, 1.807) is 12.4 Å². The number of hydrogen-bond acceptors (Lipinski definition) is 4. The van der Waals surface area contributed by atoms with Crippen molar-refractivity contribution in [3.63, 3.8) is 0 Å². The van der Waals surface area contributed by atoms with Crippen molar-refractivity contribution in [1.29, 1.82) is 0 Å². The summed E-state index contributed by atoms with van der Waals surface area (Å²) in [5.41, 5.74) is 0.955. The summed E-state index contributed by atoms with van der Waals surface area (Å²) in [6, 6.07) is 7.69. The van der Waals surface area contributed by atoms with Gasteiger partial charge in [-0.05, 0) is 32.0 Å². The van der Waals surface area contributed by atoms with Gasteiger partial charge in [0.15, 0.2) is 9.84 Å². The van der Waals surface area contributed by atoms with Crippen LogP contribution in [0, 0.1) is 0 Å². The molecule has 0 saturated carbocycles. The highest BCUT2D eigenvalue weighted by atomic mass is 32.2. The third-order valence-corrected chi connectivity index (χ3v) is 7.36. The third-order valence-electron chi connectivity index (χ3n) is 5.07. The number of sulfone groups is 1. The minimum atomic E-state index is -3.32. The van der Waals surface area contributed by atoms with E-state index in [0.717, 1.165) is 36.4 Å². The summed E-state index contributed by atoms with van der Waals surface area (Å²) in [6.07, 6.45) is 6.63. The van der Waals surface area contributed by atoms with Gasteiger partial charge in [0, 0.05) is 36.5 Å². The van der Waals surface area contributed by atoms with Crippen molar-refractivity contribution in [1.82, 2.24) is 19.4 Å². The molecule has 7 heteroatoms. The van der Waals surface area contributed by atoms with E-state index in [1.165, 1.54) is 0 Å². The second kappa shape index (κ2) is 6.31. The number of fused-ring (bicyclic) bond motifs is 1. The van der Waals surface area contributed by atoms with Gasteiger partial charge in [-0.1, -0.05) is 18.2 Å². The van der Waals surface area contributed by atoms with Gasteiger partial charge in [-0.15, -0.1) is 0 Å². The Balaban J connectivity index is 1.53. The van der Waals surface area contributed by atoms with Crippen LogP contribution >= 0.6 is 0 Å². The van der Waals surface area contributed by atoms with Crippen LogP contribution in [0.25, 0.3) is 10.9 Å². The summed E-state index contributed by atoms with van der Waals surface area (Å²) in [5.74, 6) is 0.926. The number of piperidine rings is 1. The van der Waals surface area contributed by atoms with Crippen molar-refractivity contribution in [2.75, 3.05) is 13.1 Å². The Labute approximate surface area is 147 Å². The van der Waals surface area contributed by atoms with Gasteiger partial charge in [-0.3, -0.25) is 4.90 Å². The van der Waals surface area contributed by atoms with Gasteiger partial charge in [0.2, 0.25) is 0 Å². The highest BCUT2D eigenvalue weighted by Gasteiger charge is 2.33. The zero-order valence-corrected chi connectivity index (χ0v) is 15.0. The summed E-state index contributed by atoms with van der Waals surface area (Å²) in [5, 5.41) is 0.508. The smallest absolute Gasteiger partial charge is 0.183 e. The van der Waals surface area contributed by atoms with E-state index < -0.39 is 9.84 Å². The van der Waals surface area contributed by atoms with Gasteiger partial charge in [-0.2, -0.15) is 0 Å². The first-order valence-corrected chi connectivity index (χ1v) is 10.1. The van der Waals surface area contributed by atoms with E-state index in [2.05, 4.69) is 14.9 Å². The molecule has 0 aliphatic carbocycles. The Hall–Kier alpha value is -2.12. The molecular weight excluding hydrogens is 336 g/mol. The lowest BCUT2D eigenvalue weighted by atomic mass is 10.1. The average molecular weight is 358 g/mol. The molecule has 1 saturated heterocycles. The number of nitrogens with zero attached hydrogens (tertiary/aromatic N) is 3. The van der Waals surface area contributed by atoms with Gasteiger partial charge < -0.3 is 9.55 Å². The molecule has 3 aromatic rings. The van der Waals surface area contributed by atoms with Crippen LogP contribution in [0.3, 0.4) is 0 Å². The van der Waals surface area contributed by atoms with Crippen molar-refractivity contribution in [3.8, 4) is 0 Å². The minimum absolute atomic E-state index is 0.314. The van der Waals surface area contributed by atoms with Crippen molar-refractivity contribution in [2.45, 2.75) is 29.5 Å². The lowest BCUT2D eigenvalue weighted by Crippen LogP contribution is -2.39. The van der Waals surface area contributed by atoms with Crippen LogP contribution in [0.4, 0.5) is 0 Å². The van der Waals surface area contributed by atoms with E-state index >= 15 is 0 Å². The normalized spacial score (nSPS) is 17.3. The molecule has 0 amide bonds. The third kappa shape index (κ3) is 2.98. The van der Waals surface area contributed by atoms with Crippen molar-refractivity contribution in [2.24, 2.45) is 7.05 Å². The molecule has 0 unspecified atom stereocenters. The molecule has 1 aliphatic rings. The summed E-state index contributed by atoms with van der Waals surface area (Å²) in [4.78, 5) is 10.1. The summed E-state index contributed by atoms with van der Waals surface area (Å²) in [7, 11) is -1.43. The van der Waals surface area contributed by atoms with E-state index in [0.29, 0.717) is 17.7 Å². The van der Waals surface area contributed by atoms with Gasteiger partial charge in [0.05, 0.1) is 16.7 Å². The molecule has 0 radical (unpaired) electrons. The molecular formula is C18H22N4O2S. The number of H-pyrrole nitrogens is 1. The van der Waals surface area contributed by atoms with Crippen molar-refractivity contribution >= 4 is 20.7 Å². The lowest BCUT2D eigenvalue weighted by Gasteiger charge is -2.30. The van der Waals surface area contributed by atoms with Crippen molar-refractivity contribution in [3.05, 3.63) is 48.7 Å². The SMILES string of the molecule is Cn1cc(S(=O)(=O)C2CCN(Cc3ncc[nH]3)CC2)c2ccccc21. The quantitative estimate of drug-likeness (QED) is 0.777. The lowest BCUT2D eigenvalue weighted by molar-refractivity contribution is 0.217. The number of para-hydroxylation sites is 1. The van der Waals surface area contributed by atoms with Gasteiger partial charge >= 0.3 is 0 Å². The van der Waals surface area contributed by atoms with Gasteiger partial charge in [-0.25, -0.2) is 13.4 Å². The Morgan fingerprint density at radius 3 is 2.72 bits per heavy atom. The average Bonchev–Trinajstić information content (AvgIpc) is 3.24. The van der Waals surface area contributed by atoms with Crippen LogP contribution in [-0.2, 0) is 23.4 Å². The largest absolute Gasteiger partial charge is 0.349 e. The maximum Gasteiger partial charge on any atom is 0.183 e. The minimum Gasteiger partial charge on any atom is -0.349 e. The second-order valence-corrected chi connectivity index (χ2v) is 8.87. The fourth-order valence-corrected chi connectivity index (χ4v) is 5.66. The molecule has 1 N–H and O–H groups in total. The first kappa shape index (κ1) is 16.4. The maximum absolute atomic E-state index is 13.2. The summed E-state index contributed by atoms with van der Waals surface area (Å²) < 4.78 is 28.3. The maximum atomic E-state index is 13.2. The molecule has 3 heterocycles. The number of hydrogen-bond donors (Lipinski definition) is 1. The standard InChI is InChI=1S/C18H22N4O2S/c1-21-12-17(15-4-2-3-5-16(15)21)25(23,24)14-6-10-22(11-7-14)13-18-19-8-9-20-18/h2-5,8-9,12,14H,6-7,10-11,13H2,1H3,(H,19,20). The predicted molar refractivity (Wildman–Crippen MR) is 97.0 cm³/mol. The molecule has 0 atom stereocenters. The van der Waals surface area contributed by atoms with Crippen LogP contribution < -0.4 is 0 Å². The van der Waals surface area contributed by atoms with E-state index in [-0.39, 0.29) is 5.25 Å². The fourth-order valence-electron chi connectivity index (χ4n) is 3.68. The van der Waals surface area contributed by atoms with Crippen LogP contribution in [0.1, 0.15) is 18.7 Å². The number of aromatic amines is 1. The second-order valence-electron chi connectivity index (χ2n) is 6.68. The Morgan fingerprint density at radius 1 is 1.24 bits per heavy atom. The Kier molecular flexibility index (Phi) is 4.13. The molecule has 1 fully saturated rings. The number of benzene rings is 1. The molecule has 132 valence electrons. The molecule has 0 bridgehead atoms. The zero-order valence-electron chi connectivity index (χ0n) is 14.2. The van der Waals surface area contributed by atoms with Crippen LogP contribution in [-0.4, -0.2) is 46.2 Å². The molecule has 4 rings (SSSR count). The Morgan fingerprint density at radius 2 is 2.00 bits per heavy atom. The number of likely N-dealkylation sites (tertiary alicyclic amines) is 1. The van der Waals surface area contributed by atoms with E-state index in [4.69, 9.17) is 0 Å². The summed E-state index contributed by atoms with van der Waals surface area (Å²) >= 11 is 0. The highest BCUT2D eigenvalue weighted by Crippen LogP contribution is 2.31. The number of rotatable bonds is 4. The molecule has 6 nitrogen and oxygen atoms in total. The molecule has 25 heavy (non-hydrogen) atoms. The van der Waals surface area contributed by atoms with Gasteiger partial charge in [0.1, 0.15) is 5.82 Å². The van der Waals surface area contributed by atoms with Gasteiger partial charge in [0.25, 0.3) is 0 Å². The first-order valence-electron chi connectivity index (χ1n) is 8.54. The molecule has 1 aliphatic heterocycles. The number of imidazole rings is 1. The number of aryl methyl sites for hydroxylation is 1. The van der Waals surface area contributed by atoms with Crippen LogP contribution in [0.15, 0.2) is 47.8 Å². The monoisotopic (exact) mass is 358 g/mol. The molecule has 2 aromatic heterocycles. The first-order chi connectivity index (χ1) is 12.1. The topological polar surface area (TPSA) is 71.0 Å².